The van der Waals surface area contributed by atoms with Crippen LogP contribution >= 0.6 is 7.82 Å². The summed E-state index contributed by atoms with van der Waals surface area (Å²) in [5, 5.41) is 13.0. The van der Waals surface area contributed by atoms with E-state index >= 15 is 0 Å². The maximum Gasteiger partial charge on any atom is 0.469 e. The van der Waals surface area contributed by atoms with Gasteiger partial charge < -0.3 is 14.7 Å². The molecule has 0 bridgehead atoms. The zero-order valence-corrected chi connectivity index (χ0v) is 15.0. The van der Waals surface area contributed by atoms with Crippen molar-refractivity contribution in [2.45, 2.75) is 51.6 Å². The molecule has 0 saturated carbocycles. The number of unbranched alkanes of at least 4 members (excludes halogenated alkanes) is 4. The molecule has 0 aliphatic heterocycles. The standard InChI is InChI=1S/C15H25O9P/c1-2-3-4-5-7-12-15(13-19-25(16,17)18)21-23-24-22-20-14-10-8-6-9-11-14/h6,8-11,15H,2-5,7,12-13H2,1H3,(H2,16,17,18). The van der Waals surface area contributed by atoms with Crippen LogP contribution in [0.2, 0.25) is 0 Å². The van der Waals surface area contributed by atoms with Gasteiger partial charge in [0.1, 0.15) is 6.10 Å². The van der Waals surface area contributed by atoms with E-state index in [1.165, 1.54) is 0 Å². The summed E-state index contributed by atoms with van der Waals surface area (Å²) >= 11 is 0. The summed E-state index contributed by atoms with van der Waals surface area (Å²) in [7, 11) is -4.59. The number of hydrogen-bond acceptors (Lipinski definition) is 7. The maximum atomic E-state index is 10.8. The molecule has 0 aromatic heterocycles. The van der Waals surface area contributed by atoms with E-state index in [-0.39, 0.29) is 6.61 Å². The third kappa shape index (κ3) is 12.9. The highest BCUT2D eigenvalue weighted by molar-refractivity contribution is 7.46. The van der Waals surface area contributed by atoms with Crippen LogP contribution in [0, 0.1) is 0 Å². The lowest BCUT2D eigenvalue weighted by Crippen LogP contribution is -2.20. The second-order valence-corrected chi connectivity index (χ2v) is 6.55. The summed E-state index contributed by atoms with van der Waals surface area (Å²) in [6.07, 6.45) is 4.85. The molecule has 0 amide bonds. The SMILES string of the molecule is CCCCCCCC(COP(=O)(O)O)OOOOOc1ccccc1. The Morgan fingerprint density at radius 2 is 1.72 bits per heavy atom. The number of benzene rings is 1. The number of phosphoric ester groups is 1. The molecule has 0 spiro atoms. The fourth-order valence-electron chi connectivity index (χ4n) is 1.93. The van der Waals surface area contributed by atoms with Gasteiger partial charge in [-0.15, -0.1) is 0 Å². The fraction of sp³-hybridized carbons (Fsp3) is 0.600. The van der Waals surface area contributed by atoms with E-state index in [1.54, 1.807) is 30.3 Å². The quantitative estimate of drug-likeness (QED) is 0.204. The van der Waals surface area contributed by atoms with Crippen LogP contribution in [0.25, 0.3) is 0 Å². The number of hydrogen-bond donors (Lipinski definition) is 2. The lowest BCUT2D eigenvalue weighted by molar-refractivity contribution is -0.696. The average Bonchev–Trinajstić information content (AvgIpc) is 2.58. The highest BCUT2D eigenvalue weighted by Gasteiger charge is 2.20. The van der Waals surface area contributed by atoms with Crippen LogP contribution in [0.4, 0.5) is 0 Å². The molecule has 0 radical (unpaired) electrons. The highest BCUT2D eigenvalue weighted by atomic mass is 31.2. The summed E-state index contributed by atoms with van der Waals surface area (Å²) in [5.41, 5.74) is 0. The van der Waals surface area contributed by atoms with Crippen molar-refractivity contribution in [3.8, 4) is 5.75 Å². The van der Waals surface area contributed by atoms with Crippen LogP contribution in [0.1, 0.15) is 45.4 Å². The predicted molar refractivity (Wildman–Crippen MR) is 86.6 cm³/mol. The van der Waals surface area contributed by atoms with E-state index in [2.05, 4.69) is 26.6 Å². The Morgan fingerprint density at radius 3 is 2.40 bits per heavy atom. The number of phosphoric acid groups is 1. The summed E-state index contributed by atoms with van der Waals surface area (Å²) in [6, 6.07) is 8.56. The van der Waals surface area contributed by atoms with Gasteiger partial charge in [-0.05, 0) is 23.6 Å². The van der Waals surface area contributed by atoms with Gasteiger partial charge in [0.15, 0.2) is 5.75 Å². The van der Waals surface area contributed by atoms with Crippen molar-refractivity contribution < 1.29 is 43.8 Å². The van der Waals surface area contributed by atoms with Crippen molar-refractivity contribution in [3.63, 3.8) is 0 Å². The summed E-state index contributed by atoms with van der Waals surface area (Å²) in [6.45, 7) is 1.77. The van der Waals surface area contributed by atoms with Crippen LogP contribution in [0.15, 0.2) is 30.3 Å². The molecular formula is C15H25O9P. The first-order valence-electron chi connectivity index (χ1n) is 8.09. The molecule has 144 valence electrons. The summed E-state index contributed by atoms with van der Waals surface area (Å²) in [4.78, 5) is 27.2. The Labute approximate surface area is 146 Å². The van der Waals surface area contributed by atoms with E-state index in [4.69, 9.17) is 19.6 Å². The van der Waals surface area contributed by atoms with Crippen molar-refractivity contribution in [2.75, 3.05) is 6.61 Å². The van der Waals surface area contributed by atoms with Crippen LogP contribution in [0.5, 0.6) is 5.75 Å². The zero-order chi connectivity index (χ0) is 18.4. The molecule has 2 N–H and O–H groups in total. The van der Waals surface area contributed by atoms with Gasteiger partial charge in [-0.25, -0.2) is 4.57 Å². The minimum atomic E-state index is -4.59. The fourth-order valence-corrected chi connectivity index (χ4v) is 2.29. The molecule has 1 unspecified atom stereocenters. The predicted octanol–water partition coefficient (Wildman–Crippen LogP) is 3.63. The van der Waals surface area contributed by atoms with Gasteiger partial charge in [0, 0.05) is 10.1 Å². The van der Waals surface area contributed by atoms with Crippen molar-refractivity contribution in [1.29, 1.82) is 0 Å². The first-order chi connectivity index (χ1) is 12.0. The molecule has 1 atom stereocenters. The molecule has 1 rings (SSSR count). The Morgan fingerprint density at radius 1 is 1.00 bits per heavy atom. The molecule has 9 nitrogen and oxygen atoms in total. The molecule has 0 fully saturated rings. The van der Waals surface area contributed by atoms with E-state index < -0.39 is 13.9 Å². The first kappa shape index (κ1) is 22.0. The Balaban J connectivity index is 2.22. The largest absolute Gasteiger partial charge is 0.469 e. The average molecular weight is 380 g/mol. The van der Waals surface area contributed by atoms with E-state index in [1.807, 2.05) is 0 Å². The first-order valence-corrected chi connectivity index (χ1v) is 9.62. The minimum absolute atomic E-state index is 0.346. The van der Waals surface area contributed by atoms with E-state index in [9.17, 15) is 4.57 Å². The number of para-hydroxylation sites is 1. The van der Waals surface area contributed by atoms with Gasteiger partial charge in [-0.2, -0.15) is 4.89 Å². The molecule has 0 aliphatic rings. The third-order valence-corrected chi connectivity index (χ3v) is 3.65. The van der Waals surface area contributed by atoms with Crippen LogP contribution < -0.4 is 4.89 Å². The van der Waals surface area contributed by atoms with Gasteiger partial charge in [-0.1, -0.05) is 57.2 Å². The Kier molecular flexibility index (Phi) is 11.6. The lowest BCUT2D eigenvalue weighted by Gasteiger charge is -2.15. The van der Waals surface area contributed by atoms with Gasteiger partial charge in [-0.3, -0.25) is 4.52 Å². The maximum absolute atomic E-state index is 10.8. The third-order valence-electron chi connectivity index (χ3n) is 3.16. The monoisotopic (exact) mass is 380 g/mol. The lowest BCUT2D eigenvalue weighted by atomic mass is 10.1. The van der Waals surface area contributed by atoms with E-state index in [0.29, 0.717) is 12.2 Å². The molecule has 0 heterocycles. The Hall–Kier alpha value is -1.03. The topological polar surface area (TPSA) is 113 Å². The van der Waals surface area contributed by atoms with Gasteiger partial charge >= 0.3 is 7.82 Å². The van der Waals surface area contributed by atoms with Crippen molar-refractivity contribution in [1.82, 2.24) is 0 Å². The molecule has 0 saturated heterocycles. The van der Waals surface area contributed by atoms with Crippen molar-refractivity contribution >= 4 is 7.82 Å². The van der Waals surface area contributed by atoms with Crippen LogP contribution in [0.3, 0.4) is 0 Å². The molecule has 10 heteroatoms. The van der Waals surface area contributed by atoms with Gasteiger partial charge in [0.25, 0.3) is 0 Å². The summed E-state index contributed by atoms with van der Waals surface area (Å²) < 4.78 is 15.2. The molecule has 0 aliphatic carbocycles. The summed E-state index contributed by atoms with van der Waals surface area (Å²) in [5.74, 6) is 0.392. The molecular weight excluding hydrogens is 355 g/mol. The van der Waals surface area contributed by atoms with Crippen LogP contribution in [-0.2, 0) is 29.1 Å². The van der Waals surface area contributed by atoms with Gasteiger partial charge in [0.2, 0.25) is 0 Å². The minimum Gasteiger partial charge on any atom is -0.306 e. The highest BCUT2D eigenvalue weighted by Crippen LogP contribution is 2.36. The molecule has 25 heavy (non-hydrogen) atoms. The Bertz CT molecular complexity index is 479. The molecule has 1 aromatic carbocycles. The van der Waals surface area contributed by atoms with Gasteiger partial charge in [0.05, 0.1) is 6.61 Å². The second kappa shape index (κ2) is 13.2. The smallest absolute Gasteiger partial charge is 0.306 e. The van der Waals surface area contributed by atoms with E-state index in [0.717, 1.165) is 32.1 Å². The second-order valence-electron chi connectivity index (χ2n) is 5.31. The van der Waals surface area contributed by atoms with Crippen molar-refractivity contribution in [3.05, 3.63) is 30.3 Å². The van der Waals surface area contributed by atoms with Crippen LogP contribution in [-0.4, -0.2) is 22.5 Å². The van der Waals surface area contributed by atoms with Crippen molar-refractivity contribution in [2.24, 2.45) is 0 Å². The number of rotatable bonds is 15. The zero-order valence-electron chi connectivity index (χ0n) is 14.1. The molecule has 1 aromatic rings. The normalized spacial score (nSPS) is 12.9.